The quantitative estimate of drug-likeness (QED) is 0.707. The molecule has 4 nitrogen and oxygen atoms in total. The summed E-state index contributed by atoms with van der Waals surface area (Å²) in [6, 6.07) is 10.8. The summed E-state index contributed by atoms with van der Waals surface area (Å²) in [7, 11) is 0. The first-order valence-electron chi connectivity index (χ1n) is 9.74. The van der Waals surface area contributed by atoms with E-state index in [2.05, 4.69) is 44.2 Å². The number of amides is 1. The molecule has 0 aliphatic carbocycles. The Morgan fingerprint density at radius 3 is 2.41 bits per heavy atom. The van der Waals surface area contributed by atoms with Crippen molar-refractivity contribution in [2.75, 3.05) is 13.1 Å². The fourth-order valence-corrected chi connectivity index (χ4v) is 3.54. The molecule has 0 spiro atoms. The van der Waals surface area contributed by atoms with Crippen molar-refractivity contribution in [1.29, 1.82) is 0 Å². The summed E-state index contributed by atoms with van der Waals surface area (Å²) in [6.45, 7) is 11.4. The third-order valence-electron chi connectivity index (χ3n) is 5.06. The van der Waals surface area contributed by atoms with E-state index in [1.807, 2.05) is 31.9 Å². The van der Waals surface area contributed by atoms with Crippen LogP contribution in [0.1, 0.15) is 56.4 Å². The van der Waals surface area contributed by atoms with E-state index in [1.54, 1.807) is 0 Å². The smallest absolute Gasteiger partial charge is 0.410 e. The maximum atomic E-state index is 12.2. The number of aryl methyl sites for hydroxylation is 2. The Balaban J connectivity index is 1.64. The lowest BCUT2D eigenvalue weighted by atomic mass is 9.92. The molecule has 2 heterocycles. The molecule has 4 heteroatoms. The molecule has 27 heavy (non-hydrogen) atoms. The molecule has 144 valence electrons. The second-order valence-corrected chi connectivity index (χ2v) is 8.53. The fraction of sp³-hybridized carbons (Fsp3) is 0.478. The number of benzene rings is 1. The van der Waals surface area contributed by atoms with Crippen molar-refractivity contribution in [1.82, 2.24) is 9.88 Å². The van der Waals surface area contributed by atoms with Crippen LogP contribution in [-0.4, -0.2) is 34.7 Å². The number of nitrogens with zero attached hydrogens (tertiary/aromatic N) is 2. The van der Waals surface area contributed by atoms with Gasteiger partial charge in [0.05, 0.1) is 0 Å². The summed E-state index contributed by atoms with van der Waals surface area (Å²) in [4.78, 5) is 18.8. The summed E-state index contributed by atoms with van der Waals surface area (Å²) >= 11 is 0. The van der Waals surface area contributed by atoms with Crippen molar-refractivity contribution in [3.63, 3.8) is 0 Å². The Morgan fingerprint density at radius 2 is 1.81 bits per heavy atom. The second-order valence-electron chi connectivity index (χ2n) is 8.53. The Hall–Kier alpha value is -2.36. The molecule has 1 aliphatic heterocycles. The Kier molecular flexibility index (Phi) is 5.54. The van der Waals surface area contributed by atoms with Crippen LogP contribution in [0.25, 0.3) is 11.1 Å². The van der Waals surface area contributed by atoms with Gasteiger partial charge in [-0.3, -0.25) is 4.98 Å². The van der Waals surface area contributed by atoms with Crippen molar-refractivity contribution in [3.8, 4) is 11.1 Å². The van der Waals surface area contributed by atoms with Crippen molar-refractivity contribution < 1.29 is 9.53 Å². The molecule has 2 aromatic rings. The minimum absolute atomic E-state index is 0.209. The van der Waals surface area contributed by atoms with Crippen LogP contribution in [-0.2, 0) is 4.74 Å². The van der Waals surface area contributed by atoms with E-state index < -0.39 is 5.60 Å². The highest BCUT2D eigenvalue weighted by atomic mass is 16.6. The lowest BCUT2D eigenvalue weighted by molar-refractivity contribution is 0.0204. The molecule has 0 bridgehead atoms. The molecular formula is C23H30N2O2. The lowest BCUT2D eigenvalue weighted by Gasteiger charge is -2.33. The lowest BCUT2D eigenvalue weighted by Crippen LogP contribution is -2.41. The second kappa shape index (κ2) is 7.71. The van der Waals surface area contributed by atoms with Gasteiger partial charge in [-0.05, 0) is 64.7 Å². The van der Waals surface area contributed by atoms with E-state index in [0.717, 1.165) is 37.2 Å². The minimum Gasteiger partial charge on any atom is -0.444 e. The molecule has 0 N–H and O–H groups in total. The number of hydrogen-bond acceptors (Lipinski definition) is 3. The van der Waals surface area contributed by atoms with Crippen LogP contribution < -0.4 is 0 Å². The van der Waals surface area contributed by atoms with Gasteiger partial charge in [-0.1, -0.05) is 29.8 Å². The van der Waals surface area contributed by atoms with Crippen molar-refractivity contribution in [3.05, 3.63) is 53.3 Å². The van der Waals surface area contributed by atoms with Crippen molar-refractivity contribution >= 4 is 6.09 Å². The van der Waals surface area contributed by atoms with Gasteiger partial charge in [0.15, 0.2) is 0 Å². The number of ether oxygens (including phenoxy) is 1. The van der Waals surface area contributed by atoms with Crippen molar-refractivity contribution in [2.45, 2.75) is 59.0 Å². The molecule has 0 unspecified atom stereocenters. The first kappa shape index (κ1) is 19.4. The first-order valence-corrected chi connectivity index (χ1v) is 9.74. The number of hydrogen-bond donors (Lipinski definition) is 0. The highest BCUT2D eigenvalue weighted by molar-refractivity contribution is 5.68. The third kappa shape index (κ3) is 4.88. The summed E-state index contributed by atoms with van der Waals surface area (Å²) in [5.41, 5.74) is 5.60. The molecule has 0 atom stereocenters. The van der Waals surface area contributed by atoms with Crippen LogP contribution in [0.15, 0.2) is 36.5 Å². The zero-order valence-corrected chi connectivity index (χ0v) is 17.1. The van der Waals surface area contributed by atoms with Crippen LogP contribution >= 0.6 is 0 Å². The fourth-order valence-electron chi connectivity index (χ4n) is 3.54. The summed E-state index contributed by atoms with van der Waals surface area (Å²) in [5, 5.41) is 0. The summed E-state index contributed by atoms with van der Waals surface area (Å²) < 4.78 is 5.48. The van der Waals surface area contributed by atoms with Gasteiger partial charge in [0.25, 0.3) is 0 Å². The largest absolute Gasteiger partial charge is 0.444 e. The number of carbonyl (C=O) groups excluding carboxylic acids is 1. The molecule has 1 fully saturated rings. The van der Waals surface area contributed by atoms with Crippen LogP contribution in [0, 0.1) is 13.8 Å². The zero-order valence-electron chi connectivity index (χ0n) is 17.1. The van der Waals surface area contributed by atoms with E-state index in [9.17, 15) is 4.79 Å². The number of rotatable bonds is 2. The molecule has 0 saturated carbocycles. The standard InChI is InChI=1S/C23H30N2O2/c1-16-6-7-17(2)20(14-16)19-8-9-21(24-15-19)18-10-12-25(13-11-18)22(26)27-23(3,4)5/h6-9,14-15,18H,10-13H2,1-5H3. The molecule has 1 saturated heterocycles. The van der Waals surface area contributed by atoms with Crippen molar-refractivity contribution in [2.24, 2.45) is 0 Å². The Bertz CT molecular complexity index is 798. The molecule has 1 amide bonds. The maximum Gasteiger partial charge on any atom is 0.410 e. The van der Waals surface area contributed by atoms with Crippen LogP contribution in [0.2, 0.25) is 0 Å². The number of carbonyl (C=O) groups is 1. The Labute approximate surface area is 162 Å². The third-order valence-corrected chi connectivity index (χ3v) is 5.06. The van der Waals surface area contributed by atoms with E-state index in [0.29, 0.717) is 5.92 Å². The summed E-state index contributed by atoms with van der Waals surface area (Å²) in [6.07, 6.45) is 3.63. The van der Waals surface area contributed by atoms with Gasteiger partial charge in [0.1, 0.15) is 5.60 Å². The molecule has 3 rings (SSSR count). The predicted molar refractivity (Wildman–Crippen MR) is 109 cm³/mol. The van der Waals surface area contributed by atoms with E-state index in [1.165, 1.54) is 16.7 Å². The average molecular weight is 367 g/mol. The normalized spacial score (nSPS) is 15.7. The van der Waals surface area contributed by atoms with E-state index >= 15 is 0 Å². The summed E-state index contributed by atoms with van der Waals surface area (Å²) in [5.74, 6) is 0.399. The minimum atomic E-state index is -0.445. The molecular weight excluding hydrogens is 336 g/mol. The van der Waals surface area contributed by atoms with Gasteiger partial charge >= 0.3 is 6.09 Å². The zero-order chi connectivity index (χ0) is 19.6. The number of likely N-dealkylation sites (tertiary alicyclic amines) is 1. The first-order chi connectivity index (χ1) is 12.7. The van der Waals surface area contributed by atoms with E-state index in [-0.39, 0.29) is 6.09 Å². The van der Waals surface area contributed by atoms with Gasteiger partial charge in [0, 0.05) is 36.5 Å². The van der Waals surface area contributed by atoms with Gasteiger partial charge in [0.2, 0.25) is 0 Å². The molecule has 1 aromatic carbocycles. The average Bonchev–Trinajstić information content (AvgIpc) is 2.63. The van der Waals surface area contributed by atoms with Crippen LogP contribution in [0.3, 0.4) is 0 Å². The molecule has 1 aromatic heterocycles. The number of piperidine rings is 1. The maximum absolute atomic E-state index is 12.2. The van der Waals surface area contributed by atoms with Gasteiger partial charge in [-0.25, -0.2) is 4.79 Å². The van der Waals surface area contributed by atoms with Crippen LogP contribution in [0.4, 0.5) is 4.79 Å². The topological polar surface area (TPSA) is 42.4 Å². The highest BCUT2D eigenvalue weighted by Crippen LogP contribution is 2.30. The molecule has 1 aliphatic rings. The highest BCUT2D eigenvalue weighted by Gasteiger charge is 2.27. The SMILES string of the molecule is Cc1ccc(C)c(-c2ccc(C3CCN(C(=O)OC(C)(C)C)CC3)nc2)c1. The monoisotopic (exact) mass is 366 g/mol. The predicted octanol–water partition coefficient (Wildman–Crippen LogP) is 5.48. The van der Waals surface area contributed by atoms with E-state index in [4.69, 9.17) is 9.72 Å². The van der Waals surface area contributed by atoms with Gasteiger partial charge in [-0.15, -0.1) is 0 Å². The van der Waals surface area contributed by atoms with Gasteiger partial charge in [-0.2, -0.15) is 0 Å². The number of pyridine rings is 1. The van der Waals surface area contributed by atoms with Crippen LogP contribution in [0.5, 0.6) is 0 Å². The number of aromatic nitrogens is 1. The van der Waals surface area contributed by atoms with Gasteiger partial charge < -0.3 is 9.64 Å². The molecule has 0 radical (unpaired) electrons. The Morgan fingerprint density at radius 1 is 1.11 bits per heavy atom.